The Labute approximate surface area is 319 Å². The molecule has 0 atom stereocenters. The minimum absolute atomic E-state index is 0. The molecule has 51 heavy (non-hydrogen) atoms. The first kappa shape index (κ1) is 77.7. The molecule has 11 nitrogen and oxygen atoms in total. The van der Waals surface area contributed by atoms with Crippen molar-refractivity contribution in [1.29, 1.82) is 0 Å². The summed E-state index contributed by atoms with van der Waals surface area (Å²) in [7, 11) is 1.60. The normalized spacial score (nSPS) is 7.76. The van der Waals surface area contributed by atoms with E-state index >= 15 is 0 Å². The van der Waals surface area contributed by atoms with Crippen LogP contribution < -0.4 is 16.0 Å². The van der Waals surface area contributed by atoms with Crippen molar-refractivity contribution in [1.82, 2.24) is 16.0 Å². The second-order valence-electron chi connectivity index (χ2n) is 9.66. The zero-order valence-corrected chi connectivity index (χ0v) is 34.4. The maximum atomic E-state index is 10.4. The van der Waals surface area contributed by atoms with Crippen LogP contribution in [0.2, 0.25) is 0 Å². The van der Waals surface area contributed by atoms with Gasteiger partial charge in [-0.05, 0) is 52.9 Å². The fraction of sp³-hybridized carbons (Fsp3) is 0.850. The SMILES string of the molecule is C.C.C.CC.CC.CCC(C)=O.CCCCC(C)=O.CCCNC(C)=O.CCCOCCCC(C)=O.CCCOCCNC(C)=O.CNC(C)=O. The highest BCUT2D eigenvalue weighted by Crippen LogP contribution is 1.93. The number of Topliss-reactive ketones (excluding diaryl/α,β-unsaturated/α-hetero) is 3. The van der Waals surface area contributed by atoms with Crippen molar-refractivity contribution in [2.75, 3.05) is 46.6 Å². The molecule has 0 saturated carbocycles. The third-order valence-corrected chi connectivity index (χ3v) is 4.49. The number of unbranched alkanes of at least 4 members (excludes halogenated alkanes) is 1. The molecule has 0 aliphatic carbocycles. The summed E-state index contributed by atoms with van der Waals surface area (Å²) in [5.41, 5.74) is 0. The highest BCUT2D eigenvalue weighted by molar-refractivity contribution is 5.76. The summed E-state index contributed by atoms with van der Waals surface area (Å²) in [5.74, 6) is 0.874. The first-order chi connectivity index (χ1) is 22.6. The molecule has 3 amide bonds. The molecule has 0 radical (unpaired) electrons. The van der Waals surface area contributed by atoms with E-state index in [1.807, 2.05) is 41.5 Å². The molecule has 0 aromatic carbocycles. The van der Waals surface area contributed by atoms with E-state index in [9.17, 15) is 28.8 Å². The summed E-state index contributed by atoms with van der Waals surface area (Å²) in [4.78, 5) is 60.5. The number of carbonyl (C=O) groups excluding carboxylic acids is 6. The van der Waals surface area contributed by atoms with Gasteiger partial charge in [-0.1, -0.05) is 91.0 Å². The van der Waals surface area contributed by atoms with Gasteiger partial charge in [0.1, 0.15) is 17.3 Å². The van der Waals surface area contributed by atoms with Crippen LogP contribution >= 0.6 is 0 Å². The van der Waals surface area contributed by atoms with E-state index in [1.54, 1.807) is 27.8 Å². The molecule has 0 spiro atoms. The maximum Gasteiger partial charge on any atom is 0.216 e. The Kier molecular flexibility index (Phi) is 124. The van der Waals surface area contributed by atoms with Gasteiger partial charge >= 0.3 is 0 Å². The first-order valence-electron chi connectivity index (χ1n) is 17.9. The van der Waals surface area contributed by atoms with Crippen LogP contribution in [0, 0.1) is 0 Å². The number of carbonyl (C=O) groups is 6. The van der Waals surface area contributed by atoms with E-state index in [1.165, 1.54) is 20.8 Å². The lowest BCUT2D eigenvalue weighted by Gasteiger charge is -2.01. The Balaban J connectivity index is -0.0000000412. The van der Waals surface area contributed by atoms with Crippen LogP contribution in [-0.2, 0) is 38.2 Å². The molecule has 11 heteroatoms. The second kappa shape index (κ2) is 81.4. The van der Waals surface area contributed by atoms with Crippen LogP contribution in [-0.4, -0.2) is 81.6 Å². The van der Waals surface area contributed by atoms with Gasteiger partial charge in [0.05, 0.1) is 6.61 Å². The topological polar surface area (TPSA) is 157 Å². The van der Waals surface area contributed by atoms with E-state index in [0.717, 1.165) is 71.3 Å². The molecule has 0 fully saturated rings. The van der Waals surface area contributed by atoms with Gasteiger partial charge in [-0.15, -0.1) is 0 Å². The molecule has 316 valence electrons. The number of rotatable bonds is 17. The highest BCUT2D eigenvalue weighted by atomic mass is 16.5. The number of hydrogen-bond acceptors (Lipinski definition) is 8. The van der Waals surface area contributed by atoms with Gasteiger partial charge in [-0.2, -0.15) is 0 Å². The van der Waals surface area contributed by atoms with E-state index in [-0.39, 0.29) is 51.6 Å². The van der Waals surface area contributed by atoms with Gasteiger partial charge in [-0.25, -0.2) is 0 Å². The van der Waals surface area contributed by atoms with Crippen molar-refractivity contribution in [3.05, 3.63) is 0 Å². The summed E-state index contributed by atoms with van der Waals surface area (Å²) >= 11 is 0. The van der Waals surface area contributed by atoms with Gasteiger partial charge in [0.15, 0.2) is 0 Å². The quantitative estimate of drug-likeness (QED) is 0.124. The predicted octanol–water partition coefficient (Wildman–Crippen LogP) is 9.33. The van der Waals surface area contributed by atoms with Crippen molar-refractivity contribution in [3.63, 3.8) is 0 Å². The lowest BCUT2D eigenvalue weighted by atomic mass is 10.2. The van der Waals surface area contributed by atoms with Gasteiger partial charge in [0.25, 0.3) is 0 Å². The van der Waals surface area contributed by atoms with Crippen molar-refractivity contribution < 1.29 is 38.2 Å². The van der Waals surface area contributed by atoms with Crippen LogP contribution in [0.1, 0.15) is 184 Å². The van der Waals surface area contributed by atoms with Crippen LogP contribution in [0.15, 0.2) is 0 Å². The molecule has 0 heterocycles. The smallest absolute Gasteiger partial charge is 0.216 e. The Hall–Kier alpha value is -2.66. The van der Waals surface area contributed by atoms with Gasteiger partial charge in [0, 0.05) is 80.0 Å². The third-order valence-electron chi connectivity index (χ3n) is 4.49. The van der Waals surface area contributed by atoms with Crippen LogP contribution in [0.5, 0.6) is 0 Å². The van der Waals surface area contributed by atoms with E-state index < -0.39 is 0 Å². The molecule has 0 unspecified atom stereocenters. The molecule has 0 aromatic heterocycles. The lowest BCUT2D eigenvalue weighted by Crippen LogP contribution is -2.24. The molecule has 0 saturated heterocycles. The zero-order chi connectivity index (χ0) is 39.6. The Morgan fingerprint density at radius 2 is 0.784 bits per heavy atom. The predicted molar refractivity (Wildman–Crippen MR) is 224 cm³/mol. The monoisotopic (exact) mass is 744 g/mol. The van der Waals surface area contributed by atoms with Crippen molar-refractivity contribution in [3.8, 4) is 0 Å². The van der Waals surface area contributed by atoms with E-state index in [4.69, 9.17) is 9.47 Å². The van der Waals surface area contributed by atoms with Crippen molar-refractivity contribution in [2.24, 2.45) is 0 Å². The van der Waals surface area contributed by atoms with Crippen LogP contribution in [0.4, 0.5) is 0 Å². The minimum atomic E-state index is 0. The molecule has 0 rings (SSSR count). The Bertz CT molecular complexity index is 618. The molecular formula is C40H93N3O8. The molecule has 0 aromatic rings. The molecule has 3 N–H and O–H groups in total. The Morgan fingerprint density at radius 3 is 1.00 bits per heavy atom. The van der Waals surface area contributed by atoms with Crippen molar-refractivity contribution >= 4 is 35.1 Å². The van der Waals surface area contributed by atoms with Gasteiger partial charge in [0.2, 0.25) is 17.7 Å². The lowest BCUT2D eigenvalue weighted by molar-refractivity contribution is -0.119. The second-order valence-corrected chi connectivity index (χ2v) is 9.66. The summed E-state index contributed by atoms with van der Waals surface area (Å²) in [5, 5.41) is 7.69. The number of ether oxygens (including phenoxy) is 2. The summed E-state index contributed by atoms with van der Waals surface area (Å²) < 4.78 is 10.3. The number of ketones is 3. The summed E-state index contributed by atoms with van der Waals surface area (Å²) in [6.45, 7) is 31.8. The standard InChI is InChI=1S/C8H16O2.C7H15NO2.C6H12O.C5H11NO.C4H8O.C3H7NO.2C2H6.3CH4/c1-3-6-10-7-4-5-8(2)9;1-3-5-10-6-4-8-7(2)9;1-3-4-5-6(2)7;1-3-4-6-5(2)7;1-3-4(2)5;1-3(5)4-2;2*1-2;;;/h3-7H2,1-2H3;3-6H2,1-2H3,(H,8,9);3-5H2,1-2H3;3-4H2,1-2H3,(H,6,7);3H2,1-2H3;1-2H3,(H,4,5);2*1-2H3;3*1H4. The Morgan fingerprint density at radius 1 is 0.451 bits per heavy atom. The fourth-order valence-corrected chi connectivity index (χ4v) is 1.94. The van der Waals surface area contributed by atoms with Crippen molar-refractivity contribution in [2.45, 2.75) is 184 Å². The highest BCUT2D eigenvalue weighted by Gasteiger charge is 1.92. The number of amides is 3. The maximum absolute atomic E-state index is 10.4. The molecular weight excluding hydrogens is 650 g/mol. The molecule has 0 aliphatic heterocycles. The average molecular weight is 744 g/mol. The summed E-state index contributed by atoms with van der Waals surface area (Å²) in [6.07, 6.45) is 8.23. The van der Waals surface area contributed by atoms with Crippen LogP contribution in [0.25, 0.3) is 0 Å². The first-order valence-corrected chi connectivity index (χ1v) is 17.9. The zero-order valence-electron chi connectivity index (χ0n) is 34.4. The van der Waals surface area contributed by atoms with E-state index in [2.05, 4.69) is 36.7 Å². The van der Waals surface area contributed by atoms with E-state index in [0.29, 0.717) is 31.8 Å². The largest absolute Gasteiger partial charge is 0.381 e. The van der Waals surface area contributed by atoms with Gasteiger partial charge < -0.3 is 39.8 Å². The minimum Gasteiger partial charge on any atom is -0.381 e. The molecule has 0 aliphatic rings. The van der Waals surface area contributed by atoms with Crippen LogP contribution in [0.3, 0.4) is 0 Å². The summed E-state index contributed by atoms with van der Waals surface area (Å²) in [6, 6.07) is 0. The number of nitrogens with one attached hydrogen (secondary N) is 3. The fourth-order valence-electron chi connectivity index (χ4n) is 1.94. The van der Waals surface area contributed by atoms with Gasteiger partial charge in [-0.3, -0.25) is 14.4 Å². The number of hydrogen-bond donors (Lipinski definition) is 3. The molecule has 0 bridgehead atoms. The third kappa shape index (κ3) is 179. The average Bonchev–Trinajstić information content (AvgIpc) is 3.05.